The first kappa shape index (κ1) is 15.0. The standard InChI is InChI=1S/C16H21N3O3/c1-18-14-8-19(7-13(16(18)21)9-22-10-14)6-11-2-4-12(5-3-11)15(17)20/h2-5,13-14H,6-10H2,1H3,(H2,17,20)/t13-,14+/m1/s1. The van der Waals surface area contributed by atoms with Gasteiger partial charge in [0.2, 0.25) is 11.8 Å². The van der Waals surface area contributed by atoms with Crippen LogP contribution in [0.5, 0.6) is 0 Å². The molecule has 2 saturated heterocycles. The largest absolute Gasteiger partial charge is 0.378 e. The molecule has 6 heteroatoms. The number of carbonyl (C=O) groups is 2. The fourth-order valence-corrected chi connectivity index (χ4v) is 3.15. The molecule has 2 aliphatic heterocycles. The molecule has 0 aromatic heterocycles. The van der Waals surface area contributed by atoms with Gasteiger partial charge in [-0.15, -0.1) is 0 Å². The lowest BCUT2D eigenvalue weighted by molar-refractivity contribution is -0.133. The molecule has 2 heterocycles. The minimum atomic E-state index is -0.416. The van der Waals surface area contributed by atoms with E-state index in [1.807, 2.05) is 24.1 Å². The highest BCUT2D eigenvalue weighted by Gasteiger charge is 2.37. The summed E-state index contributed by atoms with van der Waals surface area (Å²) in [4.78, 5) is 27.5. The Balaban J connectivity index is 1.73. The normalized spacial score (nSPS) is 25.9. The van der Waals surface area contributed by atoms with Crippen LogP contribution in [-0.4, -0.2) is 61.0 Å². The van der Waals surface area contributed by atoms with E-state index >= 15 is 0 Å². The lowest BCUT2D eigenvalue weighted by Gasteiger charge is -2.29. The molecular formula is C16H21N3O3. The highest BCUT2D eigenvalue weighted by Crippen LogP contribution is 2.21. The highest BCUT2D eigenvalue weighted by atomic mass is 16.5. The van der Waals surface area contributed by atoms with Gasteiger partial charge >= 0.3 is 0 Å². The van der Waals surface area contributed by atoms with Gasteiger partial charge in [-0.3, -0.25) is 14.5 Å². The van der Waals surface area contributed by atoms with Crippen LogP contribution in [-0.2, 0) is 16.1 Å². The first-order valence-corrected chi connectivity index (χ1v) is 7.50. The zero-order chi connectivity index (χ0) is 15.7. The van der Waals surface area contributed by atoms with Crippen molar-refractivity contribution in [2.24, 2.45) is 11.7 Å². The van der Waals surface area contributed by atoms with Crippen molar-refractivity contribution in [3.8, 4) is 0 Å². The van der Waals surface area contributed by atoms with Crippen molar-refractivity contribution < 1.29 is 14.3 Å². The topological polar surface area (TPSA) is 75.9 Å². The lowest BCUT2D eigenvalue weighted by Crippen LogP contribution is -2.42. The van der Waals surface area contributed by atoms with Crippen molar-refractivity contribution in [1.29, 1.82) is 0 Å². The first-order chi connectivity index (χ1) is 10.5. The molecule has 2 amide bonds. The Hall–Kier alpha value is -1.92. The van der Waals surface area contributed by atoms with Crippen molar-refractivity contribution in [3.05, 3.63) is 35.4 Å². The number of nitrogens with zero attached hydrogens (tertiary/aromatic N) is 2. The van der Waals surface area contributed by atoms with Crippen LogP contribution in [0.15, 0.2) is 24.3 Å². The Labute approximate surface area is 129 Å². The van der Waals surface area contributed by atoms with Gasteiger partial charge in [-0.25, -0.2) is 0 Å². The minimum absolute atomic E-state index is 0.0950. The number of likely N-dealkylation sites (N-methyl/N-ethyl adjacent to an activating group) is 1. The number of carbonyl (C=O) groups excluding carboxylic acids is 2. The van der Waals surface area contributed by atoms with Crippen molar-refractivity contribution in [1.82, 2.24) is 9.80 Å². The molecule has 22 heavy (non-hydrogen) atoms. The number of ether oxygens (including phenoxy) is 1. The summed E-state index contributed by atoms with van der Waals surface area (Å²) in [6.45, 7) is 3.35. The second-order valence-corrected chi connectivity index (χ2v) is 6.09. The maximum absolute atomic E-state index is 12.3. The number of hydrogen-bond donors (Lipinski definition) is 1. The number of fused-ring (bicyclic) bond motifs is 3. The summed E-state index contributed by atoms with van der Waals surface area (Å²) in [5.41, 5.74) is 6.88. The molecule has 3 rings (SSSR count). The molecule has 118 valence electrons. The second-order valence-electron chi connectivity index (χ2n) is 6.09. The molecule has 1 aromatic carbocycles. The molecule has 1 aromatic rings. The predicted octanol–water partition coefficient (Wildman–Crippen LogP) is 0.0745. The molecule has 2 fully saturated rings. The molecule has 0 aliphatic carbocycles. The summed E-state index contributed by atoms with van der Waals surface area (Å²) in [7, 11) is 1.86. The van der Waals surface area contributed by atoms with Crippen LogP contribution in [0.25, 0.3) is 0 Å². The minimum Gasteiger partial charge on any atom is -0.378 e. The molecule has 0 saturated carbocycles. The van der Waals surface area contributed by atoms with E-state index in [4.69, 9.17) is 10.5 Å². The molecule has 6 nitrogen and oxygen atoms in total. The summed E-state index contributed by atoms with van der Waals surface area (Å²) in [5.74, 6) is -0.336. The summed E-state index contributed by atoms with van der Waals surface area (Å²) in [6, 6.07) is 7.43. The van der Waals surface area contributed by atoms with Crippen LogP contribution in [0.4, 0.5) is 0 Å². The van der Waals surface area contributed by atoms with Gasteiger partial charge < -0.3 is 15.4 Å². The van der Waals surface area contributed by atoms with Crippen LogP contribution < -0.4 is 5.73 Å². The molecule has 2 atom stereocenters. The van der Waals surface area contributed by atoms with Crippen LogP contribution in [0.2, 0.25) is 0 Å². The monoisotopic (exact) mass is 303 g/mol. The van der Waals surface area contributed by atoms with Crippen molar-refractivity contribution >= 4 is 11.8 Å². The number of hydrogen-bond acceptors (Lipinski definition) is 4. The number of amides is 2. The third-order valence-corrected chi connectivity index (χ3v) is 4.47. The second kappa shape index (κ2) is 6.06. The Morgan fingerprint density at radius 3 is 2.68 bits per heavy atom. The SMILES string of the molecule is CN1C(=O)[C@H]2COC[C@@H]1CN(Cc1ccc(C(N)=O)cc1)C2. The first-order valence-electron chi connectivity index (χ1n) is 7.50. The van der Waals surface area contributed by atoms with E-state index in [2.05, 4.69) is 4.90 Å². The van der Waals surface area contributed by atoms with Gasteiger partial charge in [0.25, 0.3) is 0 Å². The molecule has 0 spiro atoms. The number of nitrogens with two attached hydrogens (primary N) is 1. The summed E-state index contributed by atoms with van der Waals surface area (Å²) in [6.07, 6.45) is 0. The third kappa shape index (κ3) is 2.98. The predicted molar refractivity (Wildman–Crippen MR) is 81.1 cm³/mol. The quantitative estimate of drug-likeness (QED) is 0.857. The number of rotatable bonds is 3. The fraction of sp³-hybridized carbons (Fsp3) is 0.500. The van der Waals surface area contributed by atoms with Gasteiger partial charge in [0, 0.05) is 32.2 Å². The van der Waals surface area contributed by atoms with E-state index in [9.17, 15) is 9.59 Å². The van der Waals surface area contributed by atoms with E-state index in [-0.39, 0.29) is 17.9 Å². The molecule has 0 unspecified atom stereocenters. The van der Waals surface area contributed by atoms with Crippen molar-refractivity contribution in [2.45, 2.75) is 12.6 Å². The van der Waals surface area contributed by atoms with E-state index in [1.165, 1.54) is 0 Å². The third-order valence-electron chi connectivity index (χ3n) is 4.47. The maximum atomic E-state index is 12.3. The summed E-state index contributed by atoms with van der Waals surface area (Å²) in [5, 5.41) is 0. The van der Waals surface area contributed by atoms with Gasteiger partial charge in [-0.2, -0.15) is 0 Å². The Bertz CT molecular complexity index is 573. The maximum Gasteiger partial charge on any atom is 0.248 e. The van der Waals surface area contributed by atoms with E-state index in [0.29, 0.717) is 25.3 Å². The van der Waals surface area contributed by atoms with Crippen molar-refractivity contribution in [3.63, 3.8) is 0 Å². The van der Waals surface area contributed by atoms with Gasteiger partial charge in [-0.1, -0.05) is 12.1 Å². The average Bonchev–Trinajstić information content (AvgIpc) is 2.66. The summed E-state index contributed by atoms with van der Waals surface area (Å²) < 4.78 is 5.60. The van der Waals surface area contributed by atoms with Gasteiger partial charge in [0.05, 0.1) is 25.2 Å². The number of primary amides is 1. The van der Waals surface area contributed by atoms with E-state index in [0.717, 1.165) is 18.7 Å². The Morgan fingerprint density at radius 2 is 2.00 bits per heavy atom. The van der Waals surface area contributed by atoms with Crippen LogP contribution in [0.1, 0.15) is 15.9 Å². The van der Waals surface area contributed by atoms with E-state index < -0.39 is 5.91 Å². The molecule has 2 aliphatic rings. The van der Waals surface area contributed by atoms with Crippen LogP contribution >= 0.6 is 0 Å². The van der Waals surface area contributed by atoms with E-state index in [1.54, 1.807) is 12.1 Å². The molecule has 2 N–H and O–H groups in total. The smallest absolute Gasteiger partial charge is 0.248 e. The number of benzene rings is 1. The molecular weight excluding hydrogens is 282 g/mol. The fourth-order valence-electron chi connectivity index (χ4n) is 3.15. The van der Waals surface area contributed by atoms with Crippen LogP contribution in [0.3, 0.4) is 0 Å². The lowest BCUT2D eigenvalue weighted by atomic mass is 10.1. The van der Waals surface area contributed by atoms with Crippen molar-refractivity contribution in [2.75, 3.05) is 33.4 Å². The Kier molecular flexibility index (Phi) is 4.13. The van der Waals surface area contributed by atoms with Gasteiger partial charge in [0.15, 0.2) is 0 Å². The summed E-state index contributed by atoms with van der Waals surface area (Å²) >= 11 is 0. The zero-order valence-corrected chi connectivity index (χ0v) is 12.7. The molecule has 2 bridgehead atoms. The Morgan fingerprint density at radius 1 is 1.27 bits per heavy atom. The highest BCUT2D eigenvalue weighted by molar-refractivity contribution is 5.92. The van der Waals surface area contributed by atoms with Gasteiger partial charge in [0.1, 0.15) is 0 Å². The molecule has 0 radical (unpaired) electrons. The van der Waals surface area contributed by atoms with Gasteiger partial charge in [-0.05, 0) is 17.7 Å². The average molecular weight is 303 g/mol. The zero-order valence-electron chi connectivity index (χ0n) is 12.7. The van der Waals surface area contributed by atoms with Crippen LogP contribution in [0, 0.1) is 5.92 Å².